The highest BCUT2D eigenvalue weighted by Gasteiger charge is 2.42. The average molecular weight is 413 g/mol. The lowest BCUT2D eigenvalue weighted by Crippen LogP contribution is -2.51. The van der Waals surface area contributed by atoms with Crippen molar-refractivity contribution in [2.75, 3.05) is 19.0 Å². The first-order valence-electron chi connectivity index (χ1n) is 8.35. The molecule has 1 aromatic rings. The molecule has 2 fully saturated rings. The van der Waals surface area contributed by atoms with Gasteiger partial charge < -0.3 is 14.4 Å². The smallest absolute Gasteiger partial charge is 0.341 e. The molecule has 13 heteroatoms. The summed E-state index contributed by atoms with van der Waals surface area (Å²) in [5, 5.41) is 3.86. The minimum absolute atomic E-state index is 0.0371. The molecule has 2 unspecified atom stereocenters. The summed E-state index contributed by atoms with van der Waals surface area (Å²) in [6.45, 7) is 1.71. The number of hydrazine groups is 1. The van der Waals surface area contributed by atoms with Crippen molar-refractivity contribution >= 4 is 33.9 Å². The first-order valence-corrected chi connectivity index (χ1v) is 9.72. The molecule has 3 amide bonds. The molecule has 0 aromatic carbocycles. The minimum atomic E-state index is -4.81. The predicted octanol–water partition coefficient (Wildman–Crippen LogP) is -0.193. The SMILES string of the molecule is CC(=O)c1ccc(OS(=O)(=O)O)nc1NN(C)C(=O)C1CCC2CN1C(=O)N2. The Bertz CT molecular complexity index is 935. The largest absolute Gasteiger partial charge is 0.447 e. The van der Waals surface area contributed by atoms with E-state index in [1.807, 2.05) is 0 Å². The zero-order valence-corrected chi connectivity index (χ0v) is 15.9. The maximum Gasteiger partial charge on any atom is 0.447 e. The lowest BCUT2D eigenvalue weighted by atomic mass is 10.0. The highest BCUT2D eigenvalue weighted by Crippen LogP contribution is 2.25. The standard InChI is InChI=1S/C15H19N5O7S/c1-8(21)10-4-6-12(27-28(24,25)26)17-13(10)18-19(2)14(22)11-5-3-9-7-20(11)15(23)16-9/h4,6,9,11H,3,5,7H2,1-2H3,(H,16,23)(H,17,18)(H,24,25,26). The number of carbonyl (C=O) groups excluding carboxylic acids is 3. The lowest BCUT2D eigenvalue weighted by molar-refractivity contribution is -0.134. The summed E-state index contributed by atoms with van der Waals surface area (Å²) in [6, 6.07) is 1.40. The van der Waals surface area contributed by atoms with Gasteiger partial charge in [0.1, 0.15) is 6.04 Å². The molecule has 12 nitrogen and oxygen atoms in total. The number of amides is 3. The van der Waals surface area contributed by atoms with Crippen LogP contribution in [0.25, 0.3) is 0 Å². The molecule has 28 heavy (non-hydrogen) atoms. The van der Waals surface area contributed by atoms with Crippen LogP contribution in [-0.4, -0.2) is 71.3 Å². The van der Waals surface area contributed by atoms with Crippen LogP contribution in [0.15, 0.2) is 12.1 Å². The fraction of sp³-hybridized carbons (Fsp3) is 0.467. The van der Waals surface area contributed by atoms with Gasteiger partial charge in [0, 0.05) is 25.7 Å². The van der Waals surface area contributed by atoms with Crippen LogP contribution in [0.2, 0.25) is 0 Å². The van der Waals surface area contributed by atoms with E-state index in [9.17, 15) is 22.8 Å². The summed E-state index contributed by atoms with van der Waals surface area (Å²) in [7, 11) is -3.41. The highest BCUT2D eigenvalue weighted by atomic mass is 32.3. The number of pyridine rings is 1. The van der Waals surface area contributed by atoms with Crippen LogP contribution < -0.4 is 14.9 Å². The molecule has 0 radical (unpaired) electrons. The Kier molecular flexibility index (Phi) is 5.12. The molecule has 2 saturated heterocycles. The van der Waals surface area contributed by atoms with Crippen LogP contribution in [0.1, 0.15) is 30.1 Å². The van der Waals surface area contributed by atoms with Crippen LogP contribution in [0.5, 0.6) is 5.88 Å². The van der Waals surface area contributed by atoms with E-state index in [0.29, 0.717) is 19.4 Å². The van der Waals surface area contributed by atoms with Gasteiger partial charge in [-0.25, -0.2) is 4.79 Å². The van der Waals surface area contributed by atoms with E-state index in [1.54, 1.807) is 0 Å². The number of Topliss-reactive ketones (excluding diaryl/α,β-unsaturated/α-hetero) is 1. The number of anilines is 1. The Morgan fingerprint density at radius 2 is 2.11 bits per heavy atom. The zero-order valence-electron chi connectivity index (χ0n) is 15.1. The summed E-state index contributed by atoms with van der Waals surface area (Å²) in [4.78, 5) is 41.8. The molecular weight excluding hydrogens is 394 g/mol. The quantitative estimate of drug-likeness (QED) is 0.326. The van der Waals surface area contributed by atoms with E-state index in [2.05, 4.69) is 19.9 Å². The number of carbonyl (C=O) groups is 3. The van der Waals surface area contributed by atoms with E-state index in [1.165, 1.54) is 24.9 Å². The zero-order chi connectivity index (χ0) is 20.6. The Hall–Kier alpha value is -2.93. The third-order valence-corrected chi connectivity index (χ3v) is 4.88. The monoisotopic (exact) mass is 413 g/mol. The van der Waals surface area contributed by atoms with Gasteiger partial charge in [0.2, 0.25) is 5.88 Å². The summed E-state index contributed by atoms with van der Waals surface area (Å²) in [5.41, 5.74) is 2.70. The molecule has 3 N–H and O–H groups in total. The van der Waals surface area contributed by atoms with Gasteiger partial charge in [-0.15, -0.1) is 0 Å². The summed E-state index contributed by atoms with van der Waals surface area (Å²) >= 11 is 0. The number of aromatic nitrogens is 1. The second kappa shape index (κ2) is 7.24. The second-order valence-electron chi connectivity index (χ2n) is 6.51. The van der Waals surface area contributed by atoms with Gasteiger partial charge in [-0.1, -0.05) is 0 Å². The maximum atomic E-state index is 12.8. The second-order valence-corrected chi connectivity index (χ2v) is 7.54. The van der Waals surface area contributed by atoms with Gasteiger partial charge in [0.25, 0.3) is 5.91 Å². The number of piperidine rings is 1. The van der Waals surface area contributed by atoms with Crippen molar-refractivity contribution in [2.45, 2.75) is 31.8 Å². The number of likely N-dealkylation sites (N-methyl/N-ethyl adjacent to an activating group) is 1. The molecule has 2 aliphatic heterocycles. The molecule has 2 bridgehead atoms. The van der Waals surface area contributed by atoms with E-state index in [0.717, 1.165) is 11.1 Å². The first-order chi connectivity index (χ1) is 13.0. The van der Waals surface area contributed by atoms with Crippen LogP contribution in [-0.2, 0) is 15.2 Å². The van der Waals surface area contributed by atoms with Crippen molar-refractivity contribution in [3.05, 3.63) is 17.7 Å². The molecule has 2 aliphatic rings. The van der Waals surface area contributed by atoms with Gasteiger partial charge in [-0.2, -0.15) is 13.4 Å². The third-order valence-electron chi connectivity index (χ3n) is 4.50. The lowest BCUT2D eigenvalue weighted by Gasteiger charge is -2.32. The fourth-order valence-electron chi connectivity index (χ4n) is 3.23. The summed E-state index contributed by atoms with van der Waals surface area (Å²) in [6.07, 6.45) is 1.15. The summed E-state index contributed by atoms with van der Waals surface area (Å²) in [5.74, 6) is -1.44. The van der Waals surface area contributed by atoms with Crippen molar-refractivity contribution in [1.82, 2.24) is 20.2 Å². The van der Waals surface area contributed by atoms with Gasteiger partial charge in [0.15, 0.2) is 11.6 Å². The van der Waals surface area contributed by atoms with Crippen molar-refractivity contribution < 1.29 is 31.5 Å². The molecule has 0 aliphatic carbocycles. The average Bonchev–Trinajstić information content (AvgIpc) is 2.87. The molecule has 0 spiro atoms. The number of ketones is 1. The van der Waals surface area contributed by atoms with Crippen LogP contribution in [0, 0.1) is 0 Å². The first kappa shape index (κ1) is 19.8. The number of hydrogen-bond donors (Lipinski definition) is 3. The molecule has 3 heterocycles. The number of fused-ring (bicyclic) bond motifs is 2. The summed E-state index contributed by atoms with van der Waals surface area (Å²) < 4.78 is 34.8. The van der Waals surface area contributed by atoms with Gasteiger partial charge in [0.05, 0.1) is 5.56 Å². The van der Waals surface area contributed by atoms with Crippen molar-refractivity contribution in [2.24, 2.45) is 0 Å². The molecule has 0 saturated carbocycles. The Labute approximate surface area is 160 Å². The third kappa shape index (κ3) is 4.14. The van der Waals surface area contributed by atoms with Crippen LogP contribution in [0.4, 0.5) is 10.6 Å². The van der Waals surface area contributed by atoms with E-state index in [4.69, 9.17) is 4.55 Å². The molecule has 2 atom stereocenters. The van der Waals surface area contributed by atoms with E-state index >= 15 is 0 Å². The number of rotatable bonds is 6. The number of nitrogens with zero attached hydrogens (tertiary/aromatic N) is 3. The number of urea groups is 1. The molecule has 1 aromatic heterocycles. The number of hydrogen-bond acceptors (Lipinski definition) is 8. The molecule has 3 rings (SSSR count). The Balaban J connectivity index is 1.81. The topological polar surface area (TPSA) is 158 Å². The fourth-order valence-corrected chi connectivity index (χ4v) is 3.54. The van der Waals surface area contributed by atoms with Crippen LogP contribution in [0.3, 0.4) is 0 Å². The van der Waals surface area contributed by atoms with E-state index < -0.39 is 34.0 Å². The normalized spacial score (nSPS) is 21.1. The predicted molar refractivity (Wildman–Crippen MR) is 94.9 cm³/mol. The van der Waals surface area contributed by atoms with Crippen LogP contribution >= 0.6 is 0 Å². The maximum absolute atomic E-state index is 12.8. The molecule has 152 valence electrons. The van der Waals surface area contributed by atoms with E-state index in [-0.39, 0.29) is 23.5 Å². The van der Waals surface area contributed by atoms with Crippen molar-refractivity contribution in [3.63, 3.8) is 0 Å². The minimum Gasteiger partial charge on any atom is -0.341 e. The Morgan fingerprint density at radius 3 is 2.75 bits per heavy atom. The van der Waals surface area contributed by atoms with Crippen molar-refractivity contribution in [3.8, 4) is 5.88 Å². The molecular formula is C15H19N5O7S. The highest BCUT2D eigenvalue weighted by molar-refractivity contribution is 7.81. The van der Waals surface area contributed by atoms with Gasteiger partial charge >= 0.3 is 16.4 Å². The van der Waals surface area contributed by atoms with Gasteiger partial charge in [-0.05, 0) is 25.8 Å². The van der Waals surface area contributed by atoms with Gasteiger partial charge in [-0.3, -0.25) is 24.6 Å². The Morgan fingerprint density at radius 1 is 1.39 bits per heavy atom. The van der Waals surface area contributed by atoms with Crippen molar-refractivity contribution in [1.29, 1.82) is 0 Å². The number of nitrogens with one attached hydrogen (secondary N) is 2.